The molecular weight excluding hydrogens is 277 g/mol. The highest BCUT2D eigenvalue weighted by Gasteiger charge is 2.32. The second kappa shape index (κ2) is 3.74. The van der Waals surface area contributed by atoms with Crippen LogP contribution in [0.2, 0.25) is 0 Å². The number of hydrogen-bond acceptors (Lipinski definition) is 4. The first-order valence-corrected chi connectivity index (χ1v) is 5.71. The first-order chi connectivity index (χ1) is 5.65. The highest BCUT2D eigenvalue weighted by molar-refractivity contribution is 14.2. The molecule has 0 N–H and O–H groups in total. The van der Waals surface area contributed by atoms with Crippen molar-refractivity contribution < 1.29 is 19.2 Å². The van der Waals surface area contributed by atoms with Crippen molar-refractivity contribution >= 4 is 41.0 Å². The van der Waals surface area contributed by atoms with Gasteiger partial charge in [0.15, 0.2) is 0 Å². The van der Waals surface area contributed by atoms with Gasteiger partial charge in [0.2, 0.25) is 0 Å². The molecule has 1 fully saturated rings. The van der Waals surface area contributed by atoms with Gasteiger partial charge in [-0.25, -0.2) is 4.79 Å². The van der Waals surface area contributed by atoms with Crippen molar-refractivity contribution in [3.8, 4) is 0 Å². The maximum atomic E-state index is 10.9. The van der Waals surface area contributed by atoms with E-state index in [2.05, 4.69) is 9.35 Å². The second-order valence-electron chi connectivity index (χ2n) is 2.04. The first kappa shape index (κ1) is 9.30. The number of hydrogen-bond donors (Lipinski definition) is 0. The van der Waals surface area contributed by atoms with E-state index in [1.807, 2.05) is 0 Å². The number of hydroxylamine groups is 2. The van der Waals surface area contributed by atoms with Crippen molar-refractivity contribution in [1.82, 2.24) is 5.06 Å². The molecule has 1 saturated heterocycles. The highest BCUT2D eigenvalue weighted by atomic mass is 127. The Hall–Kier alpha value is -0.790. The Balaban J connectivity index is 2.61. The lowest BCUT2D eigenvalue weighted by Gasteiger charge is -2.09. The molecule has 0 aromatic carbocycles. The van der Waals surface area contributed by atoms with Crippen LogP contribution in [-0.4, -0.2) is 25.4 Å². The summed E-state index contributed by atoms with van der Waals surface area (Å²) in [6.45, 7) is 0. The van der Waals surface area contributed by atoms with E-state index in [9.17, 15) is 14.4 Å². The molecule has 12 heavy (non-hydrogen) atoms. The van der Waals surface area contributed by atoms with E-state index >= 15 is 0 Å². The summed E-state index contributed by atoms with van der Waals surface area (Å²) in [7, 11) is 0. The summed E-state index contributed by atoms with van der Waals surface area (Å²) < 4.78 is 2.79. The quantitative estimate of drug-likeness (QED) is 0.422. The van der Waals surface area contributed by atoms with Gasteiger partial charge in [-0.15, -0.1) is 5.06 Å². The first-order valence-electron chi connectivity index (χ1n) is 3.11. The number of amides is 2. The zero-order valence-electron chi connectivity index (χ0n) is 6.08. The van der Waals surface area contributed by atoms with Crippen LogP contribution in [0.4, 0.5) is 4.79 Å². The molecular formula is C6H6INO4. The molecule has 0 saturated carbocycles. The number of halogens is 1. The fraction of sp³-hybridized carbons (Fsp3) is 0.333. The minimum atomic E-state index is -0.970. The minimum absolute atomic E-state index is 0.127. The highest BCUT2D eigenvalue weighted by Crippen LogP contribution is 2.14. The predicted octanol–water partition coefficient (Wildman–Crippen LogP) is 0.590. The van der Waals surface area contributed by atoms with Gasteiger partial charge in [0, 0.05) is 12.8 Å². The Morgan fingerprint density at radius 3 is 2.33 bits per heavy atom. The average molecular weight is 283 g/mol. The molecule has 0 bridgehead atoms. The molecule has 1 aliphatic rings. The fourth-order valence-electron chi connectivity index (χ4n) is 0.754. The van der Waals surface area contributed by atoms with Crippen LogP contribution in [0.15, 0.2) is 0 Å². The lowest BCUT2D eigenvalue weighted by molar-refractivity contribution is -0.169. The number of imide groups is 1. The van der Waals surface area contributed by atoms with Crippen LogP contribution in [-0.2, 0) is 14.4 Å². The molecule has 66 valence electrons. The SMILES string of the molecule is C=IC(=O)ON1C(=O)CCC1=O. The van der Waals surface area contributed by atoms with Gasteiger partial charge in [0.1, 0.15) is 0 Å². The van der Waals surface area contributed by atoms with Crippen molar-refractivity contribution in [3.05, 3.63) is 0 Å². The van der Waals surface area contributed by atoms with Crippen LogP contribution in [0.5, 0.6) is 0 Å². The zero-order chi connectivity index (χ0) is 9.14. The largest absolute Gasteiger partial charge is 0.385 e. The van der Waals surface area contributed by atoms with Gasteiger partial charge in [-0.05, 0) is 20.7 Å². The van der Waals surface area contributed by atoms with E-state index in [4.69, 9.17) is 0 Å². The molecule has 0 atom stereocenters. The van der Waals surface area contributed by atoms with Crippen LogP contribution >= 0.6 is 20.7 Å². The number of nitrogens with zero attached hydrogens (tertiary/aromatic N) is 1. The van der Waals surface area contributed by atoms with E-state index < -0.39 is 36.5 Å². The van der Waals surface area contributed by atoms with E-state index in [1.54, 1.807) is 0 Å². The molecule has 1 heterocycles. The monoisotopic (exact) mass is 283 g/mol. The van der Waals surface area contributed by atoms with Crippen LogP contribution < -0.4 is 0 Å². The van der Waals surface area contributed by atoms with E-state index in [0.29, 0.717) is 5.06 Å². The van der Waals surface area contributed by atoms with Gasteiger partial charge in [-0.1, -0.05) is 4.51 Å². The van der Waals surface area contributed by atoms with Gasteiger partial charge in [-0.3, -0.25) is 9.59 Å². The minimum Gasteiger partial charge on any atom is -0.320 e. The lowest BCUT2D eigenvalue weighted by atomic mass is 10.4. The Morgan fingerprint density at radius 2 is 1.92 bits per heavy atom. The fourth-order valence-corrected chi connectivity index (χ4v) is 1.09. The second-order valence-corrected chi connectivity index (χ2v) is 3.69. The number of rotatable bonds is 2. The molecule has 1 aliphatic heterocycles. The van der Waals surface area contributed by atoms with Crippen LogP contribution in [0.1, 0.15) is 12.8 Å². The van der Waals surface area contributed by atoms with Crippen molar-refractivity contribution in [2.45, 2.75) is 12.8 Å². The number of carbonyl (C=O) groups is 3. The van der Waals surface area contributed by atoms with Gasteiger partial charge in [0.05, 0.1) is 0 Å². The summed E-state index contributed by atoms with van der Waals surface area (Å²) in [6, 6.07) is 0. The summed E-state index contributed by atoms with van der Waals surface area (Å²) in [5.74, 6) is -0.906. The van der Waals surface area contributed by atoms with Crippen LogP contribution in [0, 0.1) is 0 Å². The Kier molecular flexibility index (Phi) is 2.90. The molecule has 0 radical (unpaired) electrons. The summed E-state index contributed by atoms with van der Waals surface area (Å²) in [5.41, 5.74) is 0. The van der Waals surface area contributed by atoms with E-state index in [1.165, 1.54) is 0 Å². The van der Waals surface area contributed by atoms with Crippen LogP contribution in [0.3, 0.4) is 0 Å². The van der Waals surface area contributed by atoms with Crippen molar-refractivity contribution in [2.75, 3.05) is 0 Å². The maximum absolute atomic E-state index is 10.9. The molecule has 5 nitrogen and oxygen atoms in total. The Labute approximate surface area is 78.4 Å². The molecule has 0 spiro atoms. The molecule has 0 unspecified atom stereocenters. The molecule has 6 heteroatoms. The normalized spacial score (nSPS) is 16.8. The van der Waals surface area contributed by atoms with Crippen molar-refractivity contribution in [3.63, 3.8) is 0 Å². The molecule has 0 aliphatic carbocycles. The van der Waals surface area contributed by atoms with Crippen LogP contribution in [0.25, 0.3) is 0 Å². The lowest BCUT2D eigenvalue weighted by Crippen LogP contribution is -2.30. The third-order valence-corrected chi connectivity index (χ3v) is 2.10. The third kappa shape index (κ3) is 1.87. The molecule has 0 aromatic heterocycles. The topological polar surface area (TPSA) is 63.7 Å². The molecule has 0 aromatic rings. The third-order valence-electron chi connectivity index (χ3n) is 1.28. The van der Waals surface area contributed by atoms with Crippen molar-refractivity contribution in [1.29, 1.82) is 0 Å². The standard InChI is InChI=1S/C6H6INO4/c1-7-6(11)12-8-4(9)2-3-5(8)10/h1-3H2. The maximum Gasteiger partial charge on any atom is 0.385 e. The van der Waals surface area contributed by atoms with Crippen molar-refractivity contribution in [2.24, 2.45) is 0 Å². The van der Waals surface area contributed by atoms with Gasteiger partial charge in [-0.2, -0.15) is 0 Å². The summed E-state index contributed by atoms with van der Waals surface area (Å²) in [4.78, 5) is 36.9. The molecule has 2 amide bonds. The van der Waals surface area contributed by atoms with E-state index in [0.717, 1.165) is 0 Å². The predicted molar refractivity (Wildman–Crippen MR) is 48.7 cm³/mol. The van der Waals surface area contributed by atoms with Gasteiger partial charge in [0.25, 0.3) is 11.8 Å². The smallest absolute Gasteiger partial charge is 0.320 e. The Bertz CT molecular complexity index is 246. The number of carbonyl (C=O) groups excluding carboxylic acids is 3. The van der Waals surface area contributed by atoms with Gasteiger partial charge < -0.3 is 4.84 Å². The zero-order valence-corrected chi connectivity index (χ0v) is 8.24. The van der Waals surface area contributed by atoms with E-state index in [-0.39, 0.29) is 12.8 Å². The van der Waals surface area contributed by atoms with Gasteiger partial charge >= 0.3 is 3.98 Å². The Morgan fingerprint density at radius 1 is 1.42 bits per heavy atom. The summed E-state index contributed by atoms with van der Waals surface area (Å²) in [5, 5.41) is 0.535. The summed E-state index contributed by atoms with van der Waals surface area (Å²) in [6.07, 6.45) is 0.253. The molecule has 1 rings (SSSR count). The average Bonchev–Trinajstić information content (AvgIpc) is 2.35. The summed E-state index contributed by atoms with van der Waals surface area (Å²) >= 11 is -0.970.